The van der Waals surface area contributed by atoms with Gasteiger partial charge in [0.25, 0.3) is 0 Å². The van der Waals surface area contributed by atoms with Crippen molar-refractivity contribution in [3.63, 3.8) is 0 Å². The van der Waals surface area contributed by atoms with Crippen molar-refractivity contribution in [2.45, 2.75) is 0 Å². The SMILES string of the molecule is O=C(/C=C/c1ccc(Br)s1)Nc1cc(Cl)ccc1C(=O)O. The Morgan fingerprint density at radius 3 is 2.67 bits per heavy atom. The molecule has 0 bridgehead atoms. The van der Waals surface area contributed by atoms with E-state index in [1.807, 2.05) is 12.1 Å². The van der Waals surface area contributed by atoms with Gasteiger partial charge in [0.15, 0.2) is 0 Å². The Bertz CT molecular complexity index is 727. The summed E-state index contributed by atoms with van der Waals surface area (Å²) in [4.78, 5) is 23.8. The van der Waals surface area contributed by atoms with Gasteiger partial charge in [-0.1, -0.05) is 11.6 Å². The summed E-state index contributed by atoms with van der Waals surface area (Å²) in [7, 11) is 0. The molecule has 1 aromatic heterocycles. The largest absolute Gasteiger partial charge is 0.478 e. The second-order valence-electron chi connectivity index (χ2n) is 3.96. The van der Waals surface area contributed by atoms with Gasteiger partial charge in [-0.15, -0.1) is 11.3 Å². The van der Waals surface area contributed by atoms with Crippen molar-refractivity contribution in [3.05, 3.63) is 55.7 Å². The molecule has 4 nitrogen and oxygen atoms in total. The van der Waals surface area contributed by atoms with Crippen molar-refractivity contribution < 1.29 is 14.7 Å². The van der Waals surface area contributed by atoms with Gasteiger partial charge in [0.2, 0.25) is 5.91 Å². The van der Waals surface area contributed by atoms with Crippen LogP contribution in [0.15, 0.2) is 40.2 Å². The van der Waals surface area contributed by atoms with Crippen LogP contribution in [0.5, 0.6) is 0 Å². The maximum atomic E-state index is 11.8. The van der Waals surface area contributed by atoms with E-state index in [0.29, 0.717) is 5.02 Å². The normalized spacial score (nSPS) is 10.8. The summed E-state index contributed by atoms with van der Waals surface area (Å²) in [5.74, 6) is -1.56. The summed E-state index contributed by atoms with van der Waals surface area (Å²) < 4.78 is 0.963. The number of anilines is 1. The number of thiophene rings is 1. The molecule has 0 atom stereocenters. The summed E-state index contributed by atoms with van der Waals surface area (Å²) in [5.41, 5.74) is 0.150. The van der Waals surface area contributed by atoms with Crippen LogP contribution in [0.3, 0.4) is 0 Å². The predicted octanol–water partition coefficient (Wildman–Crippen LogP) is 4.51. The first-order chi connectivity index (χ1) is 9.95. The van der Waals surface area contributed by atoms with Gasteiger partial charge < -0.3 is 10.4 Å². The minimum Gasteiger partial charge on any atom is -0.478 e. The maximum absolute atomic E-state index is 11.8. The number of amides is 1. The van der Waals surface area contributed by atoms with Crippen molar-refractivity contribution in [1.82, 2.24) is 0 Å². The van der Waals surface area contributed by atoms with Gasteiger partial charge in [0.05, 0.1) is 15.0 Å². The lowest BCUT2D eigenvalue weighted by Crippen LogP contribution is -2.11. The van der Waals surface area contributed by atoms with Crippen LogP contribution in [0.2, 0.25) is 5.02 Å². The molecule has 21 heavy (non-hydrogen) atoms. The van der Waals surface area contributed by atoms with E-state index in [4.69, 9.17) is 16.7 Å². The van der Waals surface area contributed by atoms with E-state index in [-0.39, 0.29) is 11.3 Å². The molecule has 108 valence electrons. The number of carboxylic acids is 1. The van der Waals surface area contributed by atoms with Crippen LogP contribution >= 0.6 is 38.9 Å². The zero-order chi connectivity index (χ0) is 15.4. The highest BCUT2D eigenvalue weighted by molar-refractivity contribution is 9.11. The molecule has 0 unspecified atom stereocenters. The number of carbonyl (C=O) groups excluding carboxylic acids is 1. The predicted molar refractivity (Wildman–Crippen MR) is 88.1 cm³/mol. The first-order valence-electron chi connectivity index (χ1n) is 5.73. The van der Waals surface area contributed by atoms with E-state index in [1.165, 1.54) is 35.6 Å². The van der Waals surface area contributed by atoms with Gasteiger partial charge >= 0.3 is 5.97 Å². The Kier molecular flexibility index (Phi) is 5.17. The van der Waals surface area contributed by atoms with Crippen LogP contribution < -0.4 is 5.32 Å². The van der Waals surface area contributed by atoms with Gasteiger partial charge in [-0.3, -0.25) is 4.79 Å². The quantitative estimate of drug-likeness (QED) is 0.760. The second-order valence-corrected chi connectivity index (χ2v) is 6.89. The molecule has 1 heterocycles. The van der Waals surface area contributed by atoms with Gasteiger partial charge in [-0.05, 0) is 52.3 Å². The topological polar surface area (TPSA) is 66.4 Å². The third-order valence-electron chi connectivity index (χ3n) is 2.46. The molecule has 1 amide bonds. The summed E-state index contributed by atoms with van der Waals surface area (Å²) in [6.07, 6.45) is 2.99. The zero-order valence-corrected chi connectivity index (χ0v) is 13.6. The number of hydrogen-bond donors (Lipinski definition) is 2. The number of aromatic carboxylic acids is 1. The number of benzene rings is 1. The molecule has 0 aliphatic carbocycles. The molecule has 0 saturated carbocycles. The van der Waals surface area contributed by atoms with Crippen LogP contribution in [0, 0.1) is 0 Å². The first kappa shape index (κ1) is 15.8. The molecular weight excluding hydrogens is 378 g/mol. The fourth-order valence-corrected chi connectivity index (χ4v) is 3.05. The summed E-state index contributed by atoms with van der Waals surface area (Å²) in [6, 6.07) is 7.95. The third-order valence-corrected chi connectivity index (χ3v) is 4.29. The molecule has 2 rings (SSSR count). The fourth-order valence-electron chi connectivity index (χ4n) is 1.56. The molecular formula is C14H9BrClNO3S. The number of hydrogen-bond acceptors (Lipinski definition) is 3. The molecule has 1 aromatic carbocycles. The second kappa shape index (κ2) is 6.89. The van der Waals surface area contributed by atoms with Crippen LogP contribution in [0.1, 0.15) is 15.2 Å². The molecule has 0 saturated heterocycles. The highest BCUT2D eigenvalue weighted by Crippen LogP contribution is 2.24. The van der Waals surface area contributed by atoms with E-state index in [0.717, 1.165) is 8.66 Å². The molecule has 0 aliphatic heterocycles. The van der Waals surface area contributed by atoms with E-state index >= 15 is 0 Å². The average Bonchev–Trinajstić information content (AvgIpc) is 2.82. The van der Waals surface area contributed by atoms with Crippen molar-refractivity contribution in [1.29, 1.82) is 0 Å². The van der Waals surface area contributed by atoms with Gasteiger partial charge in [-0.25, -0.2) is 4.79 Å². The standard InChI is InChI=1S/C14H9BrClNO3S/c15-12-5-2-9(21-12)3-6-13(18)17-11-7-8(16)1-4-10(11)14(19)20/h1-7H,(H,17,18)(H,19,20)/b6-3+. The van der Waals surface area contributed by atoms with Crippen molar-refractivity contribution in [2.75, 3.05) is 5.32 Å². The average molecular weight is 387 g/mol. The highest BCUT2D eigenvalue weighted by Gasteiger charge is 2.11. The van der Waals surface area contributed by atoms with Crippen LogP contribution in [-0.4, -0.2) is 17.0 Å². The molecule has 7 heteroatoms. The fraction of sp³-hybridized carbons (Fsp3) is 0. The number of halogens is 2. The molecule has 2 aromatic rings. The van der Waals surface area contributed by atoms with Crippen molar-refractivity contribution >= 4 is 62.5 Å². The molecule has 2 N–H and O–H groups in total. The minimum absolute atomic E-state index is 0.0139. The Labute approximate surface area is 138 Å². The number of rotatable bonds is 4. The molecule has 0 radical (unpaired) electrons. The summed E-state index contributed by atoms with van der Waals surface area (Å²) in [6.45, 7) is 0. The van der Waals surface area contributed by atoms with Crippen molar-refractivity contribution in [2.24, 2.45) is 0 Å². The van der Waals surface area contributed by atoms with Crippen molar-refractivity contribution in [3.8, 4) is 0 Å². The summed E-state index contributed by atoms with van der Waals surface area (Å²) in [5, 5.41) is 11.9. The third kappa shape index (κ3) is 4.42. The van der Waals surface area contributed by atoms with Gasteiger partial charge in [0.1, 0.15) is 0 Å². The Morgan fingerprint density at radius 2 is 2.05 bits per heavy atom. The maximum Gasteiger partial charge on any atom is 0.337 e. The minimum atomic E-state index is -1.13. The van der Waals surface area contributed by atoms with Crippen LogP contribution in [0.25, 0.3) is 6.08 Å². The van der Waals surface area contributed by atoms with Gasteiger partial charge in [0, 0.05) is 16.0 Å². The van der Waals surface area contributed by atoms with E-state index in [9.17, 15) is 9.59 Å². The van der Waals surface area contributed by atoms with E-state index < -0.39 is 11.9 Å². The smallest absolute Gasteiger partial charge is 0.337 e. The Balaban J connectivity index is 2.14. The Morgan fingerprint density at radius 1 is 1.29 bits per heavy atom. The van der Waals surface area contributed by atoms with Gasteiger partial charge in [-0.2, -0.15) is 0 Å². The number of carbonyl (C=O) groups is 2. The van der Waals surface area contributed by atoms with Crippen LogP contribution in [0.4, 0.5) is 5.69 Å². The lowest BCUT2D eigenvalue weighted by molar-refractivity contribution is -0.111. The number of nitrogens with one attached hydrogen (secondary N) is 1. The first-order valence-corrected chi connectivity index (χ1v) is 7.71. The summed E-state index contributed by atoms with van der Waals surface area (Å²) >= 11 is 10.6. The monoisotopic (exact) mass is 385 g/mol. The molecule has 0 aliphatic rings. The van der Waals surface area contributed by atoms with E-state index in [1.54, 1.807) is 6.08 Å². The Hall–Kier alpha value is -1.63. The lowest BCUT2D eigenvalue weighted by Gasteiger charge is -2.06. The lowest BCUT2D eigenvalue weighted by atomic mass is 10.2. The number of carboxylic acid groups (broad SMARTS) is 1. The molecule has 0 spiro atoms. The highest BCUT2D eigenvalue weighted by atomic mass is 79.9. The van der Waals surface area contributed by atoms with E-state index in [2.05, 4.69) is 21.2 Å². The zero-order valence-electron chi connectivity index (χ0n) is 10.5. The van der Waals surface area contributed by atoms with Crippen LogP contribution in [-0.2, 0) is 4.79 Å². The molecule has 0 fully saturated rings.